The van der Waals surface area contributed by atoms with Crippen molar-refractivity contribution in [2.75, 3.05) is 7.11 Å². The van der Waals surface area contributed by atoms with Crippen LogP contribution in [0.3, 0.4) is 0 Å². The summed E-state index contributed by atoms with van der Waals surface area (Å²) in [7, 11) is 3.47. The highest BCUT2D eigenvalue weighted by Gasteiger charge is 2.25. The third-order valence-corrected chi connectivity index (χ3v) is 5.35. The molecule has 0 bridgehead atoms. The van der Waals surface area contributed by atoms with E-state index >= 15 is 0 Å². The van der Waals surface area contributed by atoms with Crippen molar-refractivity contribution < 1.29 is 9.53 Å². The summed E-state index contributed by atoms with van der Waals surface area (Å²) in [6, 6.07) is 13.8. The van der Waals surface area contributed by atoms with Crippen LogP contribution in [0.4, 0.5) is 0 Å². The number of aryl methyl sites for hydroxylation is 1. The number of fused-ring (bicyclic) bond motifs is 1. The van der Waals surface area contributed by atoms with Gasteiger partial charge in [-0.05, 0) is 37.6 Å². The zero-order valence-corrected chi connectivity index (χ0v) is 18.4. The number of aromatic nitrogens is 4. The van der Waals surface area contributed by atoms with Crippen molar-refractivity contribution in [2.45, 2.75) is 25.9 Å². The second kappa shape index (κ2) is 8.66. The van der Waals surface area contributed by atoms with Crippen LogP contribution in [0.15, 0.2) is 65.7 Å². The van der Waals surface area contributed by atoms with Crippen LogP contribution in [-0.2, 0) is 7.05 Å². The van der Waals surface area contributed by atoms with E-state index in [2.05, 4.69) is 15.4 Å². The van der Waals surface area contributed by atoms with Crippen LogP contribution in [0.25, 0.3) is 10.8 Å². The summed E-state index contributed by atoms with van der Waals surface area (Å²) >= 11 is 0. The maximum Gasteiger partial charge on any atom is 0.274 e. The quantitative estimate of drug-likeness (QED) is 0.506. The fraction of sp³-hybridized carbons (Fsp3) is 0.250. The van der Waals surface area contributed by atoms with Crippen LogP contribution in [0.5, 0.6) is 5.75 Å². The minimum absolute atomic E-state index is 0.191. The molecule has 0 spiro atoms. The third-order valence-electron chi connectivity index (χ3n) is 5.35. The highest BCUT2D eigenvalue weighted by molar-refractivity contribution is 6.05. The van der Waals surface area contributed by atoms with E-state index in [0.717, 1.165) is 5.56 Å². The van der Waals surface area contributed by atoms with E-state index in [1.54, 1.807) is 37.6 Å². The molecule has 1 atom stereocenters. The predicted octanol–water partition coefficient (Wildman–Crippen LogP) is 3.24. The van der Waals surface area contributed by atoms with Gasteiger partial charge in [-0.2, -0.15) is 5.10 Å². The van der Waals surface area contributed by atoms with Gasteiger partial charge in [0.1, 0.15) is 17.6 Å². The lowest BCUT2D eigenvalue weighted by molar-refractivity contribution is 0.0935. The lowest BCUT2D eigenvalue weighted by atomic mass is 10.0. The second-order valence-electron chi connectivity index (χ2n) is 7.82. The number of imidazole rings is 1. The summed E-state index contributed by atoms with van der Waals surface area (Å²) < 4.78 is 8.56. The average Bonchev–Trinajstić information content (AvgIpc) is 3.23. The number of rotatable bonds is 6. The molecule has 2 aromatic carbocycles. The summed E-state index contributed by atoms with van der Waals surface area (Å²) in [6.45, 7) is 3.72. The Balaban J connectivity index is 1.83. The molecule has 4 rings (SSSR count). The topological polar surface area (TPSA) is 91.0 Å². The van der Waals surface area contributed by atoms with Gasteiger partial charge in [0.25, 0.3) is 11.5 Å². The molecule has 0 radical (unpaired) electrons. The average molecular weight is 431 g/mol. The monoisotopic (exact) mass is 431 g/mol. The van der Waals surface area contributed by atoms with Gasteiger partial charge in [-0.25, -0.2) is 9.67 Å². The number of methoxy groups -OCH3 is 1. The molecular formula is C24H25N5O3. The van der Waals surface area contributed by atoms with Gasteiger partial charge >= 0.3 is 0 Å². The van der Waals surface area contributed by atoms with Crippen molar-refractivity contribution in [3.8, 4) is 5.75 Å². The standard InChI is InChI=1S/C24H25N5O3/c1-15(2)29-24(31)19-11-6-5-10-18(19)21(27-29)23(30)26-20(22-25-12-13-28(22)3)16-8-7-9-17(14-16)32-4/h5-15,20H,1-4H3,(H,26,30). The van der Waals surface area contributed by atoms with Crippen molar-refractivity contribution in [2.24, 2.45) is 7.05 Å². The van der Waals surface area contributed by atoms with Crippen molar-refractivity contribution >= 4 is 16.7 Å². The van der Waals surface area contributed by atoms with Gasteiger partial charge in [-0.15, -0.1) is 0 Å². The van der Waals surface area contributed by atoms with E-state index in [-0.39, 0.29) is 17.3 Å². The molecule has 1 amide bonds. The number of hydrogen-bond donors (Lipinski definition) is 1. The molecule has 1 N–H and O–H groups in total. The molecule has 0 aliphatic heterocycles. The van der Waals surface area contributed by atoms with Crippen LogP contribution in [0.2, 0.25) is 0 Å². The molecule has 8 heteroatoms. The molecule has 32 heavy (non-hydrogen) atoms. The summed E-state index contributed by atoms with van der Waals surface area (Å²) in [6.07, 6.45) is 3.50. The largest absolute Gasteiger partial charge is 0.497 e. The Bertz CT molecular complexity index is 1340. The minimum Gasteiger partial charge on any atom is -0.497 e. The first kappa shape index (κ1) is 21.3. The van der Waals surface area contributed by atoms with E-state index < -0.39 is 11.9 Å². The van der Waals surface area contributed by atoms with Gasteiger partial charge in [-0.3, -0.25) is 9.59 Å². The second-order valence-corrected chi connectivity index (χ2v) is 7.82. The fourth-order valence-electron chi connectivity index (χ4n) is 3.70. The molecule has 1 unspecified atom stereocenters. The van der Waals surface area contributed by atoms with Crippen LogP contribution in [0, 0.1) is 0 Å². The summed E-state index contributed by atoms with van der Waals surface area (Å²) in [5.41, 5.74) is 0.782. The van der Waals surface area contributed by atoms with Gasteiger partial charge in [0.15, 0.2) is 5.69 Å². The van der Waals surface area contributed by atoms with Crippen molar-refractivity contribution in [1.29, 1.82) is 0 Å². The van der Waals surface area contributed by atoms with Crippen LogP contribution in [0.1, 0.15) is 47.8 Å². The van der Waals surface area contributed by atoms with E-state index in [4.69, 9.17) is 4.74 Å². The molecule has 2 aromatic heterocycles. The first-order valence-electron chi connectivity index (χ1n) is 10.3. The normalized spacial score (nSPS) is 12.2. The summed E-state index contributed by atoms with van der Waals surface area (Å²) in [5, 5.41) is 8.46. The molecule has 4 aromatic rings. The third kappa shape index (κ3) is 3.87. The van der Waals surface area contributed by atoms with Crippen molar-refractivity contribution in [3.63, 3.8) is 0 Å². The Morgan fingerprint density at radius 3 is 2.50 bits per heavy atom. The lowest BCUT2D eigenvalue weighted by Gasteiger charge is -2.20. The van der Waals surface area contributed by atoms with Gasteiger partial charge in [0, 0.05) is 24.8 Å². The first-order valence-corrected chi connectivity index (χ1v) is 10.3. The van der Waals surface area contributed by atoms with Crippen molar-refractivity contribution in [3.05, 3.63) is 88.4 Å². The Kier molecular flexibility index (Phi) is 5.77. The number of carbonyl (C=O) groups is 1. The zero-order chi connectivity index (χ0) is 22.8. The molecular weight excluding hydrogens is 406 g/mol. The van der Waals surface area contributed by atoms with Gasteiger partial charge in [-0.1, -0.05) is 30.3 Å². The number of benzene rings is 2. The van der Waals surface area contributed by atoms with Gasteiger partial charge < -0.3 is 14.6 Å². The zero-order valence-electron chi connectivity index (χ0n) is 18.4. The highest BCUT2D eigenvalue weighted by atomic mass is 16.5. The van der Waals surface area contributed by atoms with Gasteiger partial charge in [0.2, 0.25) is 0 Å². The lowest BCUT2D eigenvalue weighted by Crippen LogP contribution is -2.34. The molecule has 8 nitrogen and oxygen atoms in total. The summed E-state index contributed by atoms with van der Waals surface area (Å²) in [5.74, 6) is 0.937. The molecule has 0 fully saturated rings. The number of hydrogen-bond acceptors (Lipinski definition) is 5. The molecule has 2 heterocycles. The van der Waals surface area contributed by atoms with Crippen LogP contribution < -0.4 is 15.6 Å². The number of amides is 1. The number of carbonyl (C=O) groups excluding carboxylic acids is 1. The molecule has 164 valence electrons. The van der Waals surface area contributed by atoms with Crippen LogP contribution >= 0.6 is 0 Å². The SMILES string of the molecule is COc1cccc(C(NC(=O)c2nn(C(C)C)c(=O)c3ccccc23)c2nccn2C)c1. The number of ether oxygens (including phenoxy) is 1. The fourth-order valence-corrected chi connectivity index (χ4v) is 3.70. The van der Waals surface area contributed by atoms with Crippen LogP contribution in [-0.4, -0.2) is 32.3 Å². The van der Waals surface area contributed by atoms with Gasteiger partial charge in [0.05, 0.1) is 18.5 Å². The molecule has 0 saturated heterocycles. The Hall–Kier alpha value is -3.94. The Morgan fingerprint density at radius 2 is 1.84 bits per heavy atom. The van der Waals surface area contributed by atoms with E-state index in [1.807, 2.05) is 55.9 Å². The maximum absolute atomic E-state index is 13.5. The summed E-state index contributed by atoms with van der Waals surface area (Å²) in [4.78, 5) is 30.8. The van der Waals surface area contributed by atoms with E-state index in [0.29, 0.717) is 22.3 Å². The predicted molar refractivity (Wildman–Crippen MR) is 122 cm³/mol. The minimum atomic E-state index is -0.544. The molecule has 0 saturated carbocycles. The van der Waals surface area contributed by atoms with E-state index in [1.165, 1.54) is 4.68 Å². The number of nitrogens with zero attached hydrogens (tertiary/aromatic N) is 4. The Labute approximate surface area is 185 Å². The van der Waals surface area contributed by atoms with E-state index in [9.17, 15) is 9.59 Å². The molecule has 0 aliphatic carbocycles. The van der Waals surface area contributed by atoms with Crippen molar-refractivity contribution in [1.82, 2.24) is 24.6 Å². The smallest absolute Gasteiger partial charge is 0.274 e. The molecule has 0 aliphatic rings. The maximum atomic E-state index is 13.5. The first-order chi connectivity index (χ1) is 15.4. The highest BCUT2D eigenvalue weighted by Crippen LogP contribution is 2.25. The number of nitrogens with one attached hydrogen (secondary N) is 1. The Morgan fingerprint density at radius 1 is 1.09 bits per heavy atom.